The Morgan fingerprint density at radius 1 is 1.17 bits per heavy atom. The third-order valence-corrected chi connectivity index (χ3v) is 3.71. The van der Waals surface area contributed by atoms with Crippen LogP contribution in [-0.2, 0) is 6.42 Å². The summed E-state index contributed by atoms with van der Waals surface area (Å²) in [5.74, 6) is 1.66. The lowest BCUT2D eigenvalue weighted by atomic mass is 9.92. The first-order valence-corrected chi connectivity index (χ1v) is 6.78. The van der Waals surface area contributed by atoms with Crippen LogP contribution in [0.5, 0.6) is 11.5 Å². The van der Waals surface area contributed by atoms with Crippen molar-refractivity contribution >= 4 is 0 Å². The quantitative estimate of drug-likeness (QED) is 0.889. The van der Waals surface area contributed by atoms with Crippen LogP contribution in [0.2, 0.25) is 0 Å². The molecule has 0 saturated carbocycles. The monoisotopic (exact) mass is 249 g/mol. The summed E-state index contributed by atoms with van der Waals surface area (Å²) in [6, 6.07) is 4.72. The van der Waals surface area contributed by atoms with E-state index in [1.807, 2.05) is 0 Å². The van der Waals surface area contributed by atoms with Crippen LogP contribution in [0, 0.1) is 0 Å². The second kappa shape index (κ2) is 6.10. The van der Waals surface area contributed by atoms with Crippen molar-refractivity contribution in [1.29, 1.82) is 0 Å². The summed E-state index contributed by atoms with van der Waals surface area (Å²) in [7, 11) is 3.39. The second-order valence-electron chi connectivity index (χ2n) is 4.76. The predicted molar refractivity (Wildman–Crippen MR) is 73.5 cm³/mol. The molecule has 1 aliphatic rings. The molecule has 0 amide bonds. The maximum atomic E-state index is 5.41. The SMILES string of the molecule is CCc1cc(OC)c(OC)cc1C1CCCCN1. The zero-order valence-electron chi connectivity index (χ0n) is 11.6. The molecule has 1 N–H and O–H groups in total. The average molecular weight is 249 g/mol. The van der Waals surface area contributed by atoms with E-state index in [2.05, 4.69) is 24.4 Å². The molecule has 1 aliphatic heterocycles. The van der Waals surface area contributed by atoms with E-state index in [4.69, 9.17) is 9.47 Å². The summed E-state index contributed by atoms with van der Waals surface area (Å²) in [4.78, 5) is 0. The van der Waals surface area contributed by atoms with Crippen LogP contribution in [0.15, 0.2) is 12.1 Å². The van der Waals surface area contributed by atoms with Gasteiger partial charge in [0.25, 0.3) is 0 Å². The maximum Gasteiger partial charge on any atom is 0.161 e. The van der Waals surface area contributed by atoms with Crippen LogP contribution in [0.4, 0.5) is 0 Å². The van der Waals surface area contributed by atoms with Crippen molar-refractivity contribution in [1.82, 2.24) is 5.32 Å². The molecule has 0 radical (unpaired) electrons. The van der Waals surface area contributed by atoms with E-state index >= 15 is 0 Å². The van der Waals surface area contributed by atoms with Crippen LogP contribution >= 0.6 is 0 Å². The fourth-order valence-electron chi connectivity index (χ4n) is 2.68. The summed E-state index contributed by atoms with van der Waals surface area (Å²) >= 11 is 0. The first kappa shape index (κ1) is 13.2. The first-order valence-electron chi connectivity index (χ1n) is 6.78. The van der Waals surface area contributed by atoms with Gasteiger partial charge in [-0.1, -0.05) is 13.3 Å². The van der Waals surface area contributed by atoms with Crippen LogP contribution in [0.3, 0.4) is 0 Å². The summed E-state index contributed by atoms with van der Waals surface area (Å²) in [5.41, 5.74) is 2.72. The zero-order valence-corrected chi connectivity index (χ0v) is 11.6. The number of rotatable bonds is 4. The van der Waals surface area contributed by atoms with Crippen molar-refractivity contribution in [3.63, 3.8) is 0 Å². The molecule has 1 fully saturated rings. The van der Waals surface area contributed by atoms with Crippen LogP contribution in [0.1, 0.15) is 43.4 Å². The number of ether oxygens (including phenoxy) is 2. The van der Waals surface area contributed by atoms with Gasteiger partial charge in [0.1, 0.15) is 0 Å². The van der Waals surface area contributed by atoms with Gasteiger partial charge in [0.05, 0.1) is 14.2 Å². The molecular formula is C15H23NO2. The minimum Gasteiger partial charge on any atom is -0.493 e. The Labute approximate surface area is 109 Å². The lowest BCUT2D eigenvalue weighted by molar-refractivity contribution is 0.351. The molecule has 0 aromatic heterocycles. The Bertz CT molecular complexity index is 398. The maximum absolute atomic E-state index is 5.41. The van der Waals surface area contributed by atoms with Gasteiger partial charge in [-0.2, -0.15) is 0 Å². The third-order valence-electron chi connectivity index (χ3n) is 3.71. The van der Waals surface area contributed by atoms with E-state index in [1.54, 1.807) is 14.2 Å². The van der Waals surface area contributed by atoms with Crippen molar-refractivity contribution in [2.24, 2.45) is 0 Å². The second-order valence-corrected chi connectivity index (χ2v) is 4.76. The summed E-state index contributed by atoms with van der Waals surface area (Å²) in [6.07, 6.45) is 4.82. The molecule has 3 nitrogen and oxygen atoms in total. The molecule has 1 atom stereocenters. The summed E-state index contributed by atoms with van der Waals surface area (Å²) in [6.45, 7) is 3.30. The van der Waals surface area contributed by atoms with E-state index in [1.165, 1.54) is 30.4 Å². The zero-order chi connectivity index (χ0) is 13.0. The van der Waals surface area contributed by atoms with Gasteiger partial charge in [0.15, 0.2) is 11.5 Å². The molecular weight excluding hydrogens is 226 g/mol. The number of hydrogen-bond acceptors (Lipinski definition) is 3. The molecule has 0 aliphatic carbocycles. The Morgan fingerprint density at radius 3 is 2.44 bits per heavy atom. The topological polar surface area (TPSA) is 30.5 Å². The molecule has 3 heteroatoms. The van der Waals surface area contributed by atoms with E-state index in [-0.39, 0.29) is 0 Å². The van der Waals surface area contributed by atoms with Crippen LogP contribution in [-0.4, -0.2) is 20.8 Å². The molecule has 0 spiro atoms. The van der Waals surface area contributed by atoms with Crippen molar-refractivity contribution in [3.8, 4) is 11.5 Å². The Hall–Kier alpha value is -1.22. The van der Waals surface area contributed by atoms with E-state index in [0.717, 1.165) is 24.5 Å². The standard InChI is InChI=1S/C15H23NO2/c1-4-11-9-14(17-2)15(18-3)10-12(11)13-7-5-6-8-16-13/h9-10,13,16H,4-8H2,1-3H3. The Balaban J connectivity index is 2.37. The van der Waals surface area contributed by atoms with Crippen molar-refractivity contribution in [2.45, 2.75) is 38.6 Å². The van der Waals surface area contributed by atoms with Gasteiger partial charge < -0.3 is 14.8 Å². The molecule has 1 saturated heterocycles. The predicted octanol–water partition coefficient (Wildman–Crippen LogP) is 3.08. The molecule has 1 aromatic rings. The highest BCUT2D eigenvalue weighted by atomic mass is 16.5. The van der Waals surface area contributed by atoms with Crippen molar-refractivity contribution in [2.75, 3.05) is 20.8 Å². The van der Waals surface area contributed by atoms with Crippen LogP contribution in [0.25, 0.3) is 0 Å². The van der Waals surface area contributed by atoms with Gasteiger partial charge in [-0.25, -0.2) is 0 Å². The summed E-state index contributed by atoms with van der Waals surface area (Å²) in [5, 5.41) is 3.60. The first-order chi connectivity index (χ1) is 8.80. The molecule has 2 rings (SSSR count). The van der Waals surface area contributed by atoms with Gasteiger partial charge >= 0.3 is 0 Å². The lowest BCUT2D eigenvalue weighted by Crippen LogP contribution is -2.27. The largest absolute Gasteiger partial charge is 0.493 e. The van der Waals surface area contributed by atoms with Gasteiger partial charge in [0.2, 0.25) is 0 Å². The number of benzene rings is 1. The van der Waals surface area contributed by atoms with Crippen molar-refractivity contribution < 1.29 is 9.47 Å². The van der Waals surface area contributed by atoms with Gasteiger partial charge in [0, 0.05) is 6.04 Å². The highest BCUT2D eigenvalue weighted by Gasteiger charge is 2.19. The minimum absolute atomic E-state index is 0.466. The van der Waals surface area contributed by atoms with Crippen LogP contribution < -0.4 is 14.8 Å². The minimum atomic E-state index is 0.466. The lowest BCUT2D eigenvalue weighted by Gasteiger charge is -2.26. The van der Waals surface area contributed by atoms with Gasteiger partial charge in [-0.3, -0.25) is 0 Å². The van der Waals surface area contributed by atoms with Crippen molar-refractivity contribution in [3.05, 3.63) is 23.3 Å². The molecule has 100 valence electrons. The molecule has 0 bridgehead atoms. The van der Waals surface area contributed by atoms with E-state index < -0.39 is 0 Å². The molecule has 1 aromatic carbocycles. The smallest absolute Gasteiger partial charge is 0.161 e. The number of hydrogen-bond donors (Lipinski definition) is 1. The Morgan fingerprint density at radius 2 is 1.89 bits per heavy atom. The highest BCUT2D eigenvalue weighted by molar-refractivity contribution is 5.48. The fourth-order valence-corrected chi connectivity index (χ4v) is 2.68. The number of methoxy groups -OCH3 is 2. The number of aryl methyl sites for hydroxylation is 1. The number of nitrogens with one attached hydrogen (secondary N) is 1. The number of piperidine rings is 1. The van der Waals surface area contributed by atoms with E-state index in [0.29, 0.717) is 6.04 Å². The van der Waals surface area contributed by atoms with Gasteiger partial charge in [-0.05, 0) is 49.1 Å². The molecule has 1 heterocycles. The third kappa shape index (κ3) is 2.61. The average Bonchev–Trinajstić information content (AvgIpc) is 2.46. The molecule has 1 unspecified atom stereocenters. The van der Waals surface area contributed by atoms with Gasteiger partial charge in [-0.15, -0.1) is 0 Å². The molecule has 18 heavy (non-hydrogen) atoms. The summed E-state index contributed by atoms with van der Waals surface area (Å²) < 4.78 is 10.8. The highest BCUT2D eigenvalue weighted by Crippen LogP contribution is 2.35. The fraction of sp³-hybridized carbons (Fsp3) is 0.600. The van der Waals surface area contributed by atoms with E-state index in [9.17, 15) is 0 Å². The Kier molecular flexibility index (Phi) is 4.48. The normalized spacial score (nSPS) is 19.6.